The van der Waals surface area contributed by atoms with E-state index in [2.05, 4.69) is 15.3 Å². The largest absolute Gasteiger partial charge is 0.397 e. The van der Waals surface area contributed by atoms with Crippen molar-refractivity contribution >= 4 is 28.4 Å². The first kappa shape index (κ1) is 9.72. The Bertz CT molecular complexity index is 643. The van der Waals surface area contributed by atoms with Crippen molar-refractivity contribution in [2.24, 2.45) is 0 Å². The normalized spacial score (nSPS) is 10.6. The molecule has 0 amide bonds. The number of imidazole rings is 1. The van der Waals surface area contributed by atoms with E-state index in [9.17, 15) is 0 Å². The van der Waals surface area contributed by atoms with Gasteiger partial charge in [0.1, 0.15) is 0 Å². The van der Waals surface area contributed by atoms with Crippen molar-refractivity contribution in [3.63, 3.8) is 0 Å². The number of aromatic nitrogens is 2. The topological polar surface area (TPSA) is 66.7 Å². The summed E-state index contributed by atoms with van der Waals surface area (Å²) in [5.41, 5.74) is 9.29. The Kier molecular flexibility index (Phi) is 2.19. The summed E-state index contributed by atoms with van der Waals surface area (Å²) < 4.78 is 0. The number of nitrogens with two attached hydrogens (primary N) is 1. The minimum Gasteiger partial charge on any atom is -0.397 e. The molecule has 4 N–H and O–H groups in total. The first-order valence-electron chi connectivity index (χ1n) is 5.39. The van der Waals surface area contributed by atoms with Gasteiger partial charge in [-0.1, -0.05) is 24.3 Å². The molecule has 4 nitrogen and oxygen atoms in total. The summed E-state index contributed by atoms with van der Waals surface area (Å²) in [4.78, 5) is 7.59. The van der Waals surface area contributed by atoms with Gasteiger partial charge < -0.3 is 16.0 Å². The molecule has 1 aromatic heterocycles. The summed E-state index contributed by atoms with van der Waals surface area (Å²) in [5, 5.41) is 3.20. The van der Waals surface area contributed by atoms with Crippen LogP contribution in [0.25, 0.3) is 11.0 Å². The van der Waals surface area contributed by atoms with Crippen LogP contribution in [0, 0.1) is 0 Å². The van der Waals surface area contributed by atoms with Gasteiger partial charge in [-0.25, -0.2) is 4.98 Å². The second-order valence-electron chi connectivity index (χ2n) is 3.82. The average molecular weight is 224 g/mol. The molecular weight excluding hydrogens is 212 g/mol. The molecule has 0 radical (unpaired) electrons. The van der Waals surface area contributed by atoms with Crippen LogP contribution in [0.4, 0.5) is 17.3 Å². The van der Waals surface area contributed by atoms with Crippen LogP contribution < -0.4 is 11.1 Å². The molecule has 2 aromatic carbocycles. The Morgan fingerprint density at radius 1 is 1.00 bits per heavy atom. The molecule has 0 saturated heterocycles. The fraction of sp³-hybridized carbons (Fsp3) is 0. The smallest absolute Gasteiger partial charge is 0.205 e. The molecule has 0 aliphatic rings. The van der Waals surface area contributed by atoms with Crippen molar-refractivity contribution in [1.29, 1.82) is 0 Å². The maximum atomic E-state index is 5.86. The lowest BCUT2D eigenvalue weighted by Crippen LogP contribution is -1.91. The lowest BCUT2D eigenvalue weighted by molar-refractivity contribution is 1.31. The van der Waals surface area contributed by atoms with Crippen LogP contribution in [0.5, 0.6) is 0 Å². The monoisotopic (exact) mass is 224 g/mol. The molecule has 0 unspecified atom stereocenters. The Balaban J connectivity index is 1.99. The quantitative estimate of drug-likeness (QED) is 0.586. The summed E-state index contributed by atoms with van der Waals surface area (Å²) in [7, 11) is 0. The number of fused-ring (bicyclic) bond motifs is 1. The Morgan fingerprint density at radius 3 is 2.59 bits per heavy atom. The number of nitrogens with one attached hydrogen (secondary N) is 2. The van der Waals surface area contributed by atoms with E-state index >= 15 is 0 Å². The Labute approximate surface area is 98.5 Å². The van der Waals surface area contributed by atoms with Gasteiger partial charge in [0.15, 0.2) is 0 Å². The van der Waals surface area contributed by atoms with E-state index < -0.39 is 0 Å². The second-order valence-corrected chi connectivity index (χ2v) is 3.82. The molecule has 0 spiro atoms. The van der Waals surface area contributed by atoms with Gasteiger partial charge in [-0.3, -0.25) is 0 Å². The molecule has 0 saturated carbocycles. The number of benzene rings is 2. The van der Waals surface area contributed by atoms with E-state index in [-0.39, 0.29) is 0 Å². The molecule has 84 valence electrons. The van der Waals surface area contributed by atoms with Crippen LogP contribution in [-0.4, -0.2) is 9.97 Å². The molecule has 0 bridgehead atoms. The van der Waals surface area contributed by atoms with E-state index in [0.29, 0.717) is 11.6 Å². The van der Waals surface area contributed by atoms with E-state index in [1.807, 2.05) is 48.5 Å². The van der Waals surface area contributed by atoms with E-state index in [0.717, 1.165) is 16.7 Å². The summed E-state index contributed by atoms with van der Waals surface area (Å²) >= 11 is 0. The standard InChI is InChI=1S/C13H12N4/c14-10-7-4-8-11-12(10)17-13(16-11)15-9-5-2-1-3-6-9/h1-8H,14H2,(H2,15,16,17). The van der Waals surface area contributed by atoms with Gasteiger partial charge in [-0.15, -0.1) is 0 Å². The average Bonchev–Trinajstić information content (AvgIpc) is 2.74. The number of rotatable bonds is 2. The number of nitrogens with zero attached hydrogens (tertiary/aromatic N) is 1. The van der Waals surface area contributed by atoms with E-state index in [4.69, 9.17) is 5.73 Å². The summed E-state index contributed by atoms with van der Waals surface area (Å²) in [6.45, 7) is 0. The van der Waals surface area contributed by atoms with Gasteiger partial charge in [0.25, 0.3) is 0 Å². The van der Waals surface area contributed by atoms with Crippen molar-refractivity contribution in [2.75, 3.05) is 11.1 Å². The fourth-order valence-corrected chi connectivity index (χ4v) is 1.77. The summed E-state index contributed by atoms with van der Waals surface area (Å²) in [6.07, 6.45) is 0. The molecule has 0 fully saturated rings. The number of anilines is 3. The van der Waals surface area contributed by atoms with Crippen molar-refractivity contribution in [1.82, 2.24) is 9.97 Å². The van der Waals surface area contributed by atoms with Gasteiger partial charge in [-0.05, 0) is 24.3 Å². The lowest BCUT2D eigenvalue weighted by Gasteiger charge is -2.00. The summed E-state index contributed by atoms with van der Waals surface area (Å²) in [5.74, 6) is 0.698. The van der Waals surface area contributed by atoms with Gasteiger partial charge in [0, 0.05) is 5.69 Å². The number of hydrogen-bond acceptors (Lipinski definition) is 3. The third-order valence-electron chi connectivity index (χ3n) is 2.59. The van der Waals surface area contributed by atoms with Crippen molar-refractivity contribution in [2.45, 2.75) is 0 Å². The lowest BCUT2D eigenvalue weighted by atomic mass is 10.3. The Hall–Kier alpha value is -2.49. The van der Waals surface area contributed by atoms with Gasteiger partial charge in [-0.2, -0.15) is 0 Å². The number of H-pyrrole nitrogens is 1. The zero-order valence-corrected chi connectivity index (χ0v) is 9.14. The highest BCUT2D eigenvalue weighted by molar-refractivity contribution is 5.88. The molecule has 4 heteroatoms. The highest BCUT2D eigenvalue weighted by Crippen LogP contribution is 2.21. The zero-order valence-electron chi connectivity index (χ0n) is 9.14. The first-order valence-corrected chi connectivity index (χ1v) is 5.39. The molecular formula is C13H12N4. The number of hydrogen-bond donors (Lipinski definition) is 3. The van der Waals surface area contributed by atoms with Crippen LogP contribution in [0.1, 0.15) is 0 Å². The van der Waals surface area contributed by atoms with Gasteiger partial charge in [0.2, 0.25) is 5.95 Å². The predicted octanol–water partition coefficient (Wildman–Crippen LogP) is 2.89. The van der Waals surface area contributed by atoms with Crippen molar-refractivity contribution in [3.8, 4) is 0 Å². The van der Waals surface area contributed by atoms with Crippen LogP contribution >= 0.6 is 0 Å². The third kappa shape index (κ3) is 1.80. The molecule has 3 rings (SSSR count). The Morgan fingerprint density at radius 2 is 1.82 bits per heavy atom. The summed E-state index contributed by atoms with van der Waals surface area (Å²) in [6, 6.07) is 15.6. The SMILES string of the molecule is Nc1cccc2nc(Nc3ccccc3)[nH]c12. The van der Waals surface area contributed by atoms with E-state index in [1.165, 1.54) is 0 Å². The highest BCUT2D eigenvalue weighted by atomic mass is 15.1. The number of aromatic amines is 1. The molecule has 0 aliphatic heterocycles. The number of nitrogen functional groups attached to an aromatic ring is 1. The van der Waals surface area contributed by atoms with Crippen molar-refractivity contribution < 1.29 is 0 Å². The second kappa shape index (κ2) is 3.83. The van der Waals surface area contributed by atoms with Gasteiger partial charge in [0.05, 0.1) is 16.7 Å². The maximum Gasteiger partial charge on any atom is 0.205 e. The van der Waals surface area contributed by atoms with Gasteiger partial charge >= 0.3 is 0 Å². The van der Waals surface area contributed by atoms with Crippen molar-refractivity contribution in [3.05, 3.63) is 48.5 Å². The molecule has 1 heterocycles. The van der Waals surface area contributed by atoms with E-state index in [1.54, 1.807) is 0 Å². The molecule has 17 heavy (non-hydrogen) atoms. The predicted molar refractivity (Wildman–Crippen MR) is 70.2 cm³/mol. The zero-order chi connectivity index (χ0) is 11.7. The minimum atomic E-state index is 0.698. The first-order chi connectivity index (χ1) is 8.33. The molecule has 0 atom stereocenters. The van der Waals surface area contributed by atoms with Crippen LogP contribution in [-0.2, 0) is 0 Å². The minimum absolute atomic E-state index is 0.698. The number of para-hydroxylation sites is 2. The van der Waals surface area contributed by atoms with Crippen LogP contribution in [0.15, 0.2) is 48.5 Å². The molecule has 3 aromatic rings. The molecule has 0 aliphatic carbocycles. The fourth-order valence-electron chi connectivity index (χ4n) is 1.77. The van der Waals surface area contributed by atoms with Crippen LogP contribution in [0.3, 0.4) is 0 Å². The van der Waals surface area contributed by atoms with Crippen LogP contribution in [0.2, 0.25) is 0 Å². The highest BCUT2D eigenvalue weighted by Gasteiger charge is 2.04. The maximum absolute atomic E-state index is 5.86. The third-order valence-corrected chi connectivity index (χ3v) is 2.59.